The molecule has 0 bridgehead atoms. The van der Waals surface area contributed by atoms with Gasteiger partial charge in [0, 0.05) is 24.5 Å². The number of halogens is 1. The Morgan fingerprint density at radius 1 is 0.941 bits per heavy atom. The Morgan fingerprint density at radius 2 is 1.62 bits per heavy atom. The lowest BCUT2D eigenvalue weighted by Gasteiger charge is -2.30. The average Bonchev–Trinajstić information content (AvgIpc) is 2.85. The van der Waals surface area contributed by atoms with Crippen LogP contribution >= 0.6 is 11.6 Å². The van der Waals surface area contributed by atoms with Crippen molar-refractivity contribution >= 4 is 44.6 Å². The zero-order valence-electron chi connectivity index (χ0n) is 18.8. The third-order valence-electron chi connectivity index (χ3n) is 5.66. The molecule has 178 valence electrons. The molecule has 1 amide bonds. The van der Waals surface area contributed by atoms with Gasteiger partial charge in [-0.05, 0) is 73.9 Å². The van der Waals surface area contributed by atoms with Crippen molar-refractivity contribution < 1.29 is 17.9 Å². The standard InChI is InChI=1S/C25H26ClN3O4S/c1-33-20-12-9-18(10-13-20)28-34(31,32)24-17-19(11-14-23(24)29-15-5-2-6-16-29)27-25(30)21-7-3-4-8-22(21)26/h3-4,7-14,17,28H,2,5-6,15-16H2,1H3,(H,27,30). The summed E-state index contributed by atoms with van der Waals surface area (Å²) in [5.41, 5.74) is 1.69. The van der Waals surface area contributed by atoms with Crippen molar-refractivity contribution in [2.75, 3.05) is 35.1 Å². The largest absolute Gasteiger partial charge is 0.497 e. The van der Waals surface area contributed by atoms with E-state index in [1.807, 2.05) is 0 Å². The molecule has 1 fully saturated rings. The first-order chi connectivity index (χ1) is 16.4. The second kappa shape index (κ2) is 10.4. The van der Waals surface area contributed by atoms with Crippen LogP contribution in [0.5, 0.6) is 5.75 Å². The minimum atomic E-state index is -3.95. The number of methoxy groups -OCH3 is 1. The van der Waals surface area contributed by atoms with E-state index in [1.165, 1.54) is 6.07 Å². The van der Waals surface area contributed by atoms with Crippen LogP contribution in [0.15, 0.2) is 71.6 Å². The molecule has 1 saturated heterocycles. The molecule has 3 aromatic carbocycles. The van der Waals surface area contributed by atoms with Gasteiger partial charge in [0.1, 0.15) is 10.6 Å². The number of sulfonamides is 1. The zero-order valence-corrected chi connectivity index (χ0v) is 20.3. The van der Waals surface area contributed by atoms with Crippen LogP contribution in [-0.4, -0.2) is 34.5 Å². The molecule has 0 unspecified atom stereocenters. The highest BCUT2D eigenvalue weighted by atomic mass is 35.5. The van der Waals surface area contributed by atoms with E-state index in [1.54, 1.807) is 67.8 Å². The number of carbonyl (C=O) groups is 1. The fraction of sp³-hybridized carbons (Fsp3) is 0.240. The molecule has 0 aromatic heterocycles. The second-order valence-electron chi connectivity index (χ2n) is 8.00. The van der Waals surface area contributed by atoms with Crippen LogP contribution in [0.4, 0.5) is 17.1 Å². The summed E-state index contributed by atoms with van der Waals surface area (Å²) in [7, 11) is -2.41. The third kappa shape index (κ3) is 5.46. The molecule has 1 aliphatic rings. The van der Waals surface area contributed by atoms with Gasteiger partial charge in [-0.3, -0.25) is 9.52 Å². The van der Waals surface area contributed by atoms with E-state index in [-0.39, 0.29) is 4.90 Å². The number of anilines is 3. The van der Waals surface area contributed by atoms with Gasteiger partial charge < -0.3 is 15.0 Å². The molecule has 3 aromatic rings. The molecule has 2 N–H and O–H groups in total. The molecule has 9 heteroatoms. The molecule has 1 aliphatic heterocycles. The lowest BCUT2D eigenvalue weighted by atomic mass is 10.1. The molecule has 0 saturated carbocycles. The number of carbonyl (C=O) groups excluding carboxylic acids is 1. The molecular weight excluding hydrogens is 474 g/mol. The molecule has 0 atom stereocenters. The van der Waals surface area contributed by atoms with Crippen molar-refractivity contribution in [2.24, 2.45) is 0 Å². The van der Waals surface area contributed by atoms with Crippen LogP contribution in [0, 0.1) is 0 Å². The van der Waals surface area contributed by atoms with E-state index >= 15 is 0 Å². The van der Waals surface area contributed by atoms with E-state index < -0.39 is 15.9 Å². The Bertz CT molecular complexity index is 1270. The number of nitrogens with zero attached hydrogens (tertiary/aromatic N) is 1. The minimum Gasteiger partial charge on any atom is -0.497 e. The summed E-state index contributed by atoms with van der Waals surface area (Å²) >= 11 is 6.15. The number of ether oxygens (including phenoxy) is 1. The summed E-state index contributed by atoms with van der Waals surface area (Å²) < 4.78 is 34.7. The first-order valence-corrected chi connectivity index (χ1v) is 12.9. The summed E-state index contributed by atoms with van der Waals surface area (Å²) in [5, 5.41) is 3.09. The van der Waals surface area contributed by atoms with Gasteiger partial charge in [-0.15, -0.1) is 0 Å². The van der Waals surface area contributed by atoms with Crippen LogP contribution in [0.3, 0.4) is 0 Å². The summed E-state index contributed by atoms with van der Waals surface area (Å²) in [5.74, 6) is 0.212. The summed E-state index contributed by atoms with van der Waals surface area (Å²) in [6.45, 7) is 1.55. The third-order valence-corrected chi connectivity index (χ3v) is 7.40. The fourth-order valence-electron chi connectivity index (χ4n) is 3.92. The monoisotopic (exact) mass is 499 g/mol. The number of amides is 1. The first kappa shape index (κ1) is 23.9. The first-order valence-electron chi connectivity index (χ1n) is 11.0. The van der Waals surface area contributed by atoms with Crippen molar-refractivity contribution in [3.8, 4) is 5.75 Å². The molecule has 1 heterocycles. The maximum absolute atomic E-state index is 13.5. The number of rotatable bonds is 7. The number of hydrogen-bond acceptors (Lipinski definition) is 5. The van der Waals surface area contributed by atoms with Gasteiger partial charge in [0.15, 0.2) is 0 Å². The van der Waals surface area contributed by atoms with Crippen molar-refractivity contribution in [1.29, 1.82) is 0 Å². The Labute approximate surface area is 204 Å². The predicted molar refractivity (Wildman–Crippen MR) is 136 cm³/mol. The molecule has 34 heavy (non-hydrogen) atoms. The topological polar surface area (TPSA) is 87.7 Å². The zero-order chi connectivity index (χ0) is 24.1. The molecule has 7 nitrogen and oxygen atoms in total. The van der Waals surface area contributed by atoms with Crippen LogP contribution in [-0.2, 0) is 10.0 Å². The Kier molecular flexibility index (Phi) is 7.29. The SMILES string of the molecule is COc1ccc(NS(=O)(=O)c2cc(NC(=O)c3ccccc3Cl)ccc2N2CCCCC2)cc1. The van der Waals surface area contributed by atoms with Gasteiger partial charge in [0.25, 0.3) is 15.9 Å². The van der Waals surface area contributed by atoms with Gasteiger partial charge in [-0.25, -0.2) is 8.42 Å². The van der Waals surface area contributed by atoms with Gasteiger partial charge in [-0.1, -0.05) is 23.7 Å². The molecule has 4 rings (SSSR count). The lowest BCUT2D eigenvalue weighted by molar-refractivity contribution is 0.102. The number of hydrogen-bond donors (Lipinski definition) is 2. The molecule has 0 spiro atoms. The maximum Gasteiger partial charge on any atom is 0.264 e. The van der Waals surface area contributed by atoms with Crippen LogP contribution in [0.2, 0.25) is 5.02 Å². The molecule has 0 radical (unpaired) electrons. The average molecular weight is 500 g/mol. The molecular formula is C25H26ClN3O4S. The second-order valence-corrected chi connectivity index (χ2v) is 10.1. The highest BCUT2D eigenvalue weighted by molar-refractivity contribution is 7.92. The Morgan fingerprint density at radius 3 is 2.29 bits per heavy atom. The number of benzene rings is 3. The summed E-state index contributed by atoms with van der Waals surface area (Å²) in [6.07, 6.45) is 3.11. The summed E-state index contributed by atoms with van der Waals surface area (Å²) in [4.78, 5) is 14.9. The number of nitrogens with one attached hydrogen (secondary N) is 2. The summed E-state index contributed by atoms with van der Waals surface area (Å²) in [6, 6.07) is 18.3. The quantitative estimate of drug-likeness (QED) is 0.455. The van der Waals surface area contributed by atoms with E-state index in [4.69, 9.17) is 16.3 Å². The van der Waals surface area contributed by atoms with E-state index in [0.29, 0.717) is 33.4 Å². The normalized spacial score (nSPS) is 13.9. The fourth-order valence-corrected chi connectivity index (χ4v) is 5.45. The highest BCUT2D eigenvalue weighted by Gasteiger charge is 2.24. The Hall–Kier alpha value is -3.23. The number of piperidine rings is 1. The van der Waals surface area contributed by atoms with Crippen molar-refractivity contribution in [1.82, 2.24) is 0 Å². The van der Waals surface area contributed by atoms with Crippen LogP contribution in [0.1, 0.15) is 29.6 Å². The Balaban J connectivity index is 1.68. The molecule has 0 aliphatic carbocycles. The van der Waals surface area contributed by atoms with Crippen LogP contribution in [0.25, 0.3) is 0 Å². The van der Waals surface area contributed by atoms with Crippen LogP contribution < -0.4 is 19.7 Å². The van der Waals surface area contributed by atoms with Gasteiger partial charge in [0.05, 0.1) is 23.4 Å². The smallest absolute Gasteiger partial charge is 0.264 e. The lowest BCUT2D eigenvalue weighted by Crippen LogP contribution is -2.31. The van der Waals surface area contributed by atoms with Gasteiger partial charge in [0.2, 0.25) is 0 Å². The van der Waals surface area contributed by atoms with Gasteiger partial charge >= 0.3 is 0 Å². The van der Waals surface area contributed by atoms with Crippen molar-refractivity contribution in [2.45, 2.75) is 24.2 Å². The predicted octanol–water partition coefficient (Wildman–Crippen LogP) is 5.39. The van der Waals surface area contributed by atoms with E-state index in [9.17, 15) is 13.2 Å². The van der Waals surface area contributed by atoms with Gasteiger partial charge in [-0.2, -0.15) is 0 Å². The highest BCUT2D eigenvalue weighted by Crippen LogP contribution is 2.32. The van der Waals surface area contributed by atoms with E-state index in [2.05, 4.69) is 14.9 Å². The van der Waals surface area contributed by atoms with Crippen molar-refractivity contribution in [3.63, 3.8) is 0 Å². The minimum absolute atomic E-state index is 0.0992. The van der Waals surface area contributed by atoms with E-state index in [0.717, 1.165) is 32.4 Å². The maximum atomic E-state index is 13.5. The van der Waals surface area contributed by atoms with Crippen molar-refractivity contribution in [3.05, 3.63) is 77.3 Å².